The van der Waals surface area contributed by atoms with E-state index in [4.69, 9.17) is 0 Å². The van der Waals surface area contributed by atoms with Gasteiger partial charge in [-0.05, 0) is 49.6 Å². The van der Waals surface area contributed by atoms with E-state index in [-0.39, 0.29) is 16.8 Å². The normalized spacial score (nSPS) is 13.9. The second kappa shape index (κ2) is 7.52. The second-order valence-corrected chi connectivity index (χ2v) is 10.1. The third-order valence-electron chi connectivity index (χ3n) is 5.51. The van der Waals surface area contributed by atoms with Gasteiger partial charge in [-0.15, -0.1) is 0 Å². The molecule has 162 valence electrons. The minimum atomic E-state index is -3.35. The highest BCUT2D eigenvalue weighted by Crippen LogP contribution is 2.28. The molecule has 1 amide bonds. The van der Waals surface area contributed by atoms with Crippen molar-refractivity contribution in [3.8, 4) is 16.9 Å². The van der Waals surface area contributed by atoms with Crippen LogP contribution in [-0.4, -0.2) is 46.1 Å². The van der Waals surface area contributed by atoms with Gasteiger partial charge < -0.3 is 5.32 Å². The quantitative estimate of drug-likeness (QED) is 0.504. The van der Waals surface area contributed by atoms with Crippen LogP contribution in [0.1, 0.15) is 28.8 Å². The van der Waals surface area contributed by atoms with Gasteiger partial charge in [0.2, 0.25) is 0 Å². The smallest absolute Gasteiger partial charge is 0.251 e. The first kappa shape index (κ1) is 20.3. The number of carbonyl (C=O) groups excluding carboxylic acids is 1. The summed E-state index contributed by atoms with van der Waals surface area (Å²) in [5, 5.41) is 3.01. The fourth-order valence-electron chi connectivity index (χ4n) is 3.60. The number of sulfone groups is 1. The molecule has 1 aliphatic rings. The number of hydrogen-bond donors (Lipinski definition) is 1. The molecule has 1 saturated carbocycles. The number of nitrogens with zero attached hydrogens (tertiary/aromatic N) is 4. The summed E-state index contributed by atoms with van der Waals surface area (Å²) in [6.45, 7) is 1.96. The molecule has 0 aliphatic heterocycles. The second-order valence-electron chi connectivity index (χ2n) is 8.06. The minimum Gasteiger partial charge on any atom is -0.349 e. The summed E-state index contributed by atoms with van der Waals surface area (Å²) < 4.78 is 25.8. The molecular formula is C23H21N5O3S. The van der Waals surface area contributed by atoms with Gasteiger partial charge in [0.15, 0.2) is 15.5 Å². The van der Waals surface area contributed by atoms with Crippen molar-refractivity contribution in [2.45, 2.75) is 30.7 Å². The molecule has 32 heavy (non-hydrogen) atoms. The third kappa shape index (κ3) is 3.75. The fourth-order valence-corrected chi connectivity index (χ4v) is 4.27. The highest BCUT2D eigenvalue weighted by atomic mass is 32.2. The Kier molecular flexibility index (Phi) is 4.78. The van der Waals surface area contributed by atoms with Crippen molar-refractivity contribution >= 4 is 26.9 Å². The number of amides is 1. The SMILES string of the molecule is Cc1ccc(C(=O)NC2CC2)cc1-n1cnc2c(-c3cccc(S(C)(=O)=O)c3)ncnc21. The van der Waals surface area contributed by atoms with Crippen LogP contribution in [0, 0.1) is 6.92 Å². The first-order valence-electron chi connectivity index (χ1n) is 10.2. The number of rotatable bonds is 5. The Bertz CT molecular complexity index is 1470. The van der Waals surface area contributed by atoms with E-state index >= 15 is 0 Å². The average Bonchev–Trinajstić information content (AvgIpc) is 3.48. The molecule has 2 aromatic carbocycles. The van der Waals surface area contributed by atoms with Gasteiger partial charge in [0.1, 0.15) is 23.9 Å². The van der Waals surface area contributed by atoms with E-state index in [0.717, 1.165) is 24.1 Å². The molecule has 2 aromatic heterocycles. The molecule has 0 spiro atoms. The van der Waals surface area contributed by atoms with Gasteiger partial charge in [0.25, 0.3) is 5.91 Å². The van der Waals surface area contributed by atoms with Crippen LogP contribution in [0.3, 0.4) is 0 Å². The Hall–Kier alpha value is -3.59. The van der Waals surface area contributed by atoms with Gasteiger partial charge >= 0.3 is 0 Å². The van der Waals surface area contributed by atoms with Crippen LogP contribution >= 0.6 is 0 Å². The van der Waals surface area contributed by atoms with E-state index in [1.165, 1.54) is 12.6 Å². The number of nitrogens with one attached hydrogen (secondary N) is 1. The van der Waals surface area contributed by atoms with E-state index < -0.39 is 9.84 Å². The van der Waals surface area contributed by atoms with Crippen LogP contribution in [0.2, 0.25) is 0 Å². The Balaban J connectivity index is 1.61. The zero-order valence-electron chi connectivity index (χ0n) is 17.6. The number of benzene rings is 2. The minimum absolute atomic E-state index is 0.0916. The van der Waals surface area contributed by atoms with Crippen molar-refractivity contribution in [2.24, 2.45) is 0 Å². The summed E-state index contributed by atoms with van der Waals surface area (Å²) in [6, 6.07) is 12.4. The summed E-state index contributed by atoms with van der Waals surface area (Å²) in [7, 11) is -3.35. The number of carbonyl (C=O) groups is 1. The standard InChI is InChI=1S/C23H21N5O3S/c1-14-6-7-16(23(29)27-17-8-9-17)11-19(14)28-13-26-21-20(24-12-25-22(21)28)15-4-3-5-18(10-15)32(2,30)31/h3-7,10-13,17H,8-9H2,1-2H3,(H,27,29). The predicted octanol–water partition coefficient (Wildman–Crippen LogP) is 3.09. The summed E-state index contributed by atoms with van der Waals surface area (Å²) in [4.78, 5) is 26.1. The highest BCUT2D eigenvalue weighted by Gasteiger charge is 2.24. The van der Waals surface area contributed by atoms with Crippen LogP contribution in [0.4, 0.5) is 0 Å². The molecular weight excluding hydrogens is 426 g/mol. The molecule has 4 aromatic rings. The molecule has 0 bridgehead atoms. The molecule has 0 unspecified atom stereocenters. The largest absolute Gasteiger partial charge is 0.349 e. The van der Waals surface area contributed by atoms with Crippen molar-refractivity contribution in [2.75, 3.05) is 6.26 Å². The summed E-state index contributed by atoms with van der Waals surface area (Å²) >= 11 is 0. The zero-order valence-corrected chi connectivity index (χ0v) is 18.4. The Morgan fingerprint density at radius 3 is 2.66 bits per heavy atom. The first-order valence-corrected chi connectivity index (χ1v) is 12.1. The Labute approximate surface area is 185 Å². The van der Waals surface area contributed by atoms with Gasteiger partial charge in [-0.1, -0.05) is 18.2 Å². The van der Waals surface area contributed by atoms with Crippen LogP contribution in [-0.2, 0) is 9.84 Å². The van der Waals surface area contributed by atoms with Crippen molar-refractivity contribution in [3.63, 3.8) is 0 Å². The lowest BCUT2D eigenvalue weighted by molar-refractivity contribution is 0.0951. The average molecular weight is 448 g/mol. The van der Waals surface area contributed by atoms with Crippen LogP contribution in [0.25, 0.3) is 28.1 Å². The Morgan fingerprint density at radius 1 is 1.09 bits per heavy atom. The molecule has 1 fully saturated rings. The number of hydrogen-bond acceptors (Lipinski definition) is 6. The van der Waals surface area contributed by atoms with Crippen molar-refractivity contribution in [1.29, 1.82) is 0 Å². The van der Waals surface area contributed by atoms with Crippen molar-refractivity contribution in [1.82, 2.24) is 24.8 Å². The lowest BCUT2D eigenvalue weighted by Crippen LogP contribution is -2.25. The summed E-state index contributed by atoms with van der Waals surface area (Å²) in [5.74, 6) is -0.0916. The van der Waals surface area contributed by atoms with E-state index in [2.05, 4.69) is 20.3 Å². The monoisotopic (exact) mass is 447 g/mol. The van der Waals surface area contributed by atoms with Crippen molar-refractivity contribution in [3.05, 3.63) is 66.2 Å². The number of fused-ring (bicyclic) bond motifs is 1. The first-order chi connectivity index (χ1) is 15.3. The Morgan fingerprint density at radius 2 is 1.91 bits per heavy atom. The number of imidazole rings is 1. The third-order valence-corrected chi connectivity index (χ3v) is 6.62. The molecule has 9 heteroatoms. The maximum atomic E-state index is 12.5. The molecule has 0 saturated heterocycles. The molecule has 1 aliphatic carbocycles. The molecule has 8 nitrogen and oxygen atoms in total. The van der Waals surface area contributed by atoms with E-state index in [9.17, 15) is 13.2 Å². The molecule has 1 N–H and O–H groups in total. The predicted molar refractivity (Wildman–Crippen MR) is 120 cm³/mol. The lowest BCUT2D eigenvalue weighted by atomic mass is 10.1. The zero-order chi connectivity index (χ0) is 22.5. The van der Waals surface area contributed by atoms with Crippen LogP contribution in [0.5, 0.6) is 0 Å². The van der Waals surface area contributed by atoms with Gasteiger partial charge in [0.05, 0.1) is 10.6 Å². The van der Waals surface area contributed by atoms with Gasteiger partial charge in [-0.2, -0.15) is 0 Å². The molecule has 0 atom stereocenters. The molecule has 0 radical (unpaired) electrons. The van der Waals surface area contributed by atoms with Crippen molar-refractivity contribution < 1.29 is 13.2 Å². The van der Waals surface area contributed by atoms with Crippen LogP contribution < -0.4 is 5.32 Å². The maximum Gasteiger partial charge on any atom is 0.251 e. The topological polar surface area (TPSA) is 107 Å². The van der Waals surface area contributed by atoms with Gasteiger partial charge in [0, 0.05) is 23.4 Å². The summed E-state index contributed by atoms with van der Waals surface area (Å²) in [6.07, 6.45) is 6.30. The maximum absolute atomic E-state index is 12.5. The van der Waals surface area contributed by atoms with Gasteiger partial charge in [-0.3, -0.25) is 9.36 Å². The number of aromatic nitrogens is 4. The van der Waals surface area contributed by atoms with E-state index in [1.807, 2.05) is 29.7 Å². The van der Waals surface area contributed by atoms with Crippen LogP contribution in [0.15, 0.2) is 60.0 Å². The molecule has 5 rings (SSSR count). The number of aryl methyl sites for hydroxylation is 1. The molecule has 2 heterocycles. The fraction of sp³-hybridized carbons (Fsp3) is 0.217. The summed E-state index contributed by atoms with van der Waals surface area (Å²) in [5.41, 5.74) is 4.64. The van der Waals surface area contributed by atoms with E-state index in [1.54, 1.807) is 30.6 Å². The van der Waals surface area contributed by atoms with E-state index in [0.29, 0.717) is 28.0 Å². The lowest BCUT2D eigenvalue weighted by Gasteiger charge is -2.11. The highest BCUT2D eigenvalue weighted by molar-refractivity contribution is 7.90. The van der Waals surface area contributed by atoms with Gasteiger partial charge in [-0.25, -0.2) is 23.4 Å².